The number of hydrogen-bond donors (Lipinski definition) is 1. The first kappa shape index (κ1) is 12.6. The average molecular weight is 303 g/mol. The fourth-order valence-corrected chi connectivity index (χ4v) is 5.76. The van der Waals surface area contributed by atoms with Crippen LogP contribution >= 0.6 is 22.7 Å². The summed E-state index contributed by atoms with van der Waals surface area (Å²) in [6, 6.07) is 4.26. The van der Waals surface area contributed by atoms with Crippen LogP contribution in [0.1, 0.15) is 46.6 Å². The molecule has 0 spiro atoms. The van der Waals surface area contributed by atoms with Gasteiger partial charge < -0.3 is 5.32 Å². The van der Waals surface area contributed by atoms with E-state index in [0.717, 1.165) is 10.9 Å². The topological polar surface area (TPSA) is 29.1 Å². The minimum absolute atomic E-state index is 0.169. The molecule has 4 heteroatoms. The van der Waals surface area contributed by atoms with Crippen LogP contribution in [0.2, 0.25) is 0 Å². The first-order valence-electron chi connectivity index (χ1n) is 7.20. The normalized spacial score (nSPS) is 24.9. The number of hydrogen-bond acceptors (Lipinski definition) is 3. The van der Waals surface area contributed by atoms with Gasteiger partial charge in [0.2, 0.25) is 5.91 Å². The Balaban J connectivity index is 1.85. The molecule has 1 amide bonds. The third kappa shape index (κ3) is 1.93. The van der Waals surface area contributed by atoms with Crippen LogP contribution in [-0.2, 0) is 17.6 Å². The lowest BCUT2D eigenvalue weighted by atomic mass is 9.82. The Morgan fingerprint density at radius 2 is 2.25 bits per heavy atom. The number of carbonyl (C=O) groups excluding carboxylic acids is 1. The number of amides is 1. The summed E-state index contributed by atoms with van der Waals surface area (Å²) in [6.07, 6.45) is 4.24. The predicted molar refractivity (Wildman–Crippen MR) is 84.9 cm³/mol. The van der Waals surface area contributed by atoms with E-state index in [0.29, 0.717) is 6.42 Å². The lowest BCUT2D eigenvalue weighted by Gasteiger charge is -2.25. The first-order valence-corrected chi connectivity index (χ1v) is 8.89. The van der Waals surface area contributed by atoms with Crippen molar-refractivity contribution in [3.05, 3.63) is 38.4 Å². The van der Waals surface area contributed by atoms with Gasteiger partial charge >= 0.3 is 0 Å². The molecule has 104 valence electrons. The van der Waals surface area contributed by atoms with Crippen LogP contribution < -0.4 is 5.32 Å². The summed E-state index contributed by atoms with van der Waals surface area (Å²) < 4.78 is 0. The molecule has 2 nitrogen and oxygen atoms in total. The molecule has 1 N–H and O–H groups in total. The van der Waals surface area contributed by atoms with Crippen molar-refractivity contribution < 1.29 is 4.79 Å². The Hall–Kier alpha value is -1.13. The molecular formula is C16H17NOS2. The van der Waals surface area contributed by atoms with Gasteiger partial charge in [0.05, 0.1) is 5.00 Å². The summed E-state index contributed by atoms with van der Waals surface area (Å²) in [7, 11) is 0. The van der Waals surface area contributed by atoms with Crippen LogP contribution in [0.15, 0.2) is 17.5 Å². The fraction of sp³-hybridized carbons (Fsp3) is 0.438. The minimum Gasteiger partial charge on any atom is -0.317 e. The monoisotopic (exact) mass is 303 g/mol. The van der Waals surface area contributed by atoms with E-state index in [1.807, 2.05) is 11.3 Å². The van der Waals surface area contributed by atoms with Crippen molar-refractivity contribution in [2.75, 3.05) is 5.32 Å². The average Bonchev–Trinajstić information content (AvgIpc) is 3.03. The highest BCUT2D eigenvalue weighted by Crippen LogP contribution is 2.48. The molecule has 2 aromatic heterocycles. The highest BCUT2D eigenvalue weighted by Gasteiger charge is 2.34. The third-order valence-corrected chi connectivity index (χ3v) is 6.60. The largest absolute Gasteiger partial charge is 0.317 e. The van der Waals surface area contributed by atoms with Crippen LogP contribution in [0.4, 0.5) is 5.00 Å². The molecule has 1 aliphatic carbocycles. The van der Waals surface area contributed by atoms with Gasteiger partial charge in [-0.05, 0) is 47.8 Å². The SMILES string of the molecule is C[C@H]1CCc2c(sc3c2[C@H](c2cccs2)CC(=O)N3)C1. The Kier molecular flexibility index (Phi) is 2.97. The predicted octanol–water partition coefficient (Wildman–Crippen LogP) is 4.41. The van der Waals surface area contributed by atoms with Gasteiger partial charge in [-0.2, -0.15) is 0 Å². The number of rotatable bonds is 1. The summed E-state index contributed by atoms with van der Waals surface area (Å²) in [5, 5.41) is 6.35. The van der Waals surface area contributed by atoms with Gasteiger partial charge in [0.25, 0.3) is 0 Å². The van der Waals surface area contributed by atoms with Crippen LogP contribution in [0.3, 0.4) is 0 Å². The van der Waals surface area contributed by atoms with Crippen molar-refractivity contribution in [3.8, 4) is 0 Å². The maximum absolute atomic E-state index is 12.0. The quantitative estimate of drug-likeness (QED) is 0.830. The van der Waals surface area contributed by atoms with Gasteiger partial charge in [0, 0.05) is 22.1 Å². The molecule has 0 aromatic carbocycles. The second-order valence-corrected chi connectivity index (χ2v) is 8.00. The Morgan fingerprint density at radius 1 is 1.35 bits per heavy atom. The molecule has 0 unspecified atom stereocenters. The molecular weight excluding hydrogens is 286 g/mol. The maximum atomic E-state index is 12.0. The van der Waals surface area contributed by atoms with Gasteiger partial charge in [-0.15, -0.1) is 22.7 Å². The van der Waals surface area contributed by atoms with E-state index in [1.54, 1.807) is 16.9 Å². The van der Waals surface area contributed by atoms with Crippen molar-refractivity contribution in [1.82, 2.24) is 0 Å². The zero-order valence-corrected chi connectivity index (χ0v) is 13.1. The van der Waals surface area contributed by atoms with E-state index in [2.05, 4.69) is 29.8 Å². The van der Waals surface area contributed by atoms with Crippen LogP contribution in [0, 0.1) is 5.92 Å². The van der Waals surface area contributed by atoms with E-state index in [1.165, 1.54) is 34.6 Å². The second-order valence-electron chi connectivity index (χ2n) is 5.91. The minimum atomic E-state index is 0.169. The Morgan fingerprint density at radius 3 is 3.05 bits per heavy atom. The molecule has 1 aliphatic heterocycles. The van der Waals surface area contributed by atoms with Gasteiger partial charge in [-0.25, -0.2) is 0 Å². The molecule has 0 saturated heterocycles. The molecule has 3 heterocycles. The van der Waals surface area contributed by atoms with Gasteiger partial charge in [0.15, 0.2) is 0 Å². The van der Waals surface area contributed by atoms with Crippen LogP contribution in [0.25, 0.3) is 0 Å². The zero-order valence-electron chi connectivity index (χ0n) is 11.4. The highest BCUT2D eigenvalue weighted by molar-refractivity contribution is 7.16. The smallest absolute Gasteiger partial charge is 0.225 e. The second kappa shape index (κ2) is 4.71. The number of thiophene rings is 2. The molecule has 2 atom stereocenters. The van der Waals surface area contributed by atoms with E-state index in [4.69, 9.17) is 0 Å². The van der Waals surface area contributed by atoms with Gasteiger partial charge in [0.1, 0.15) is 0 Å². The lowest BCUT2D eigenvalue weighted by Crippen LogP contribution is -2.23. The van der Waals surface area contributed by atoms with E-state index in [-0.39, 0.29) is 11.8 Å². The van der Waals surface area contributed by atoms with E-state index in [9.17, 15) is 4.79 Å². The molecule has 2 aromatic rings. The van der Waals surface area contributed by atoms with Crippen molar-refractivity contribution in [2.24, 2.45) is 5.92 Å². The number of nitrogens with one attached hydrogen (secondary N) is 1. The third-order valence-electron chi connectivity index (χ3n) is 4.43. The maximum Gasteiger partial charge on any atom is 0.225 e. The summed E-state index contributed by atoms with van der Waals surface area (Å²) in [4.78, 5) is 14.9. The van der Waals surface area contributed by atoms with Gasteiger partial charge in [-0.1, -0.05) is 13.0 Å². The Bertz CT molecular complexity index is 656. The van der Waals surface area contributed by atoms with Crippen molar-refractivity contribution in [2.45, 2.75) is 38.5 Å². The van der Waals surface area contributed by atoms with Crippen molar-refractivity contribution in [3.63, 3.8) is 0 Å². The Labute approximate surface area is 126 Å². The number of anilines is 1. The van der Waals surface area contributed by atoms with Crippen LogP contribution in [0.5, 0.6) is 0 Å². The summed E-state index contributed by atoms with van der Waals surface area (Å²) in [5.41, 5.74) is 2.97. The molecule has 0 radical (unpaired) electrons. The fourth-order valence-electron chi connectivity index (χ4n) is 3.43. The summed E-state index contributed by atoms with van der Waals surface area (Å²) >= 11 is 3.59. The van der Waals surface area contributed by atoms with Crippen LogP contribution in [-0.4, -0.2) is 5.91 Å². The molecule has 2 aliphatic rings. The molecule has 0 saturated carbocycles. The summed E-state index contributed by atoms with van der Waals surface area (Å²) in [6.45, 7) is 2.33. The highest BCUT2D eigenvalue weighted by atomic mass is 32.1. The first-order chi connectivity index (χ1) is 9.72. The van der Waals surface area contributed by atoms with Crippen molar-refractivity contribution >= 4 is 33.6 Å². The zero-order chi connectivity index (χ0) is 13.7. The molecule has 20 heavy (non-hydrogen) atoms. The lowest BCUT2D eigenvalue weighted by molar-refractivity contribution is -0.116. The van der Waals surface area contributed by atoms with E-state index >= 15 is 0 Å². The van der Waals surface area contributed by atoms with Gasteiger partial charge in [-0.3, -0.25) is 4.79 Å². The summed E-state index contributed by atoms with van der Waals surface area (Å²) in [5.74, 6) is 1.23. The molecule has 0 bridgehead atoms. The number of carbonyl (C=O) groups is 1. The standard InChI is InChI=1S/C16H17NOS2/c1-9-4-5-10-13(7-9)20-16-15(10)11(8-14(18)17-16)12-3-2-6-19-12/h2-3,6,9,11H,4-5,7-8H2,1H3,(H,17,18)/t9-,11-/m0/s1. The van der Waals surface area contributed by atoms with E-state index < -0.39 is 0 Å². The number of fused-ring (bicyclic) bond motifs is 3. The van der Waals surface area contributed by atoms with Crippen molar-refractivity contribution in [1.29, 1.82) is 0 Å². The molecule has 0 fully saturated rings. The molecule has 4 rings (SSSR count).